The van der Waals surface area contributed by atoms with E-state index in [0.29, 0.717) is 6.54 Å². The van der Waals surface area contributed by atoms with Gasteiger partial charge in [-0.05, 0) is 29.9 Å². The Hall–Kier alpha value is -1.46. The molecule has 0 radical (unpaired) electrons. The molecule has 20 heavy (non-hydrogen) atoms. The molecule has 0 saturated carbocycles. The number of phenolic OH excluding ortho intramolecular Hbond substituents is 1. The molecule has 5 heteroatoms. The highest BCUT2D eigenvalue weighted by Gasteiger charge is 2.17. The molecule has 0 atom stereocenters. The third-order valence-corrected chi connectivity index (χ3v) is 5.53. The van der Waals surface area contributed by atoms with Crippen molar-refractivity contribution in [1.82, 2.24) is 5.32 Å². The van der Waals surface area contributed by atoms with E-state index in [2.05, 4.69) is 5.32 Å². The van der Waals surface area contributed by atoms with Crippen LogP contribution >= 0.6 is 23.1 Å². The summed E-state index contributed by atoms with van der Waals surface area (Å²) in [7, 11) is 0. The van der Waals surface area contributed by atoms with Crippen molar-refractivity contribution in [2.45, 2.75) is 18.7 Å². The second-order valence-corrected chi connectivity index (χ2v) is 6.91. The van der Waals surface area contributed by atoms with Crippen molar-refractivity contribution >= 4 is 29.0 Å². The molecule has 0 spiro atoms. The molecule has 1 aliphatic heterocycles. The molecule has 1 aromatic heterocycles. The first kappa shape index (κ1) is 13.5. The van der Waals surface area contributed by atoms with Crippen LogP contribution in [0.5, 0.6) is 5.75 Å². The fraction of sp³-hybridized carbons (Fsp3) is 0.267. The van der Waals surface area contributed by atoms with Gasteiger partial charge in [0.2, 0.25) is 0 Å². The maximum atomic E-state index is 12.2. The van der Waals surface area contributed by atoms with Crippen molar-refractivity contribution in [3.8, 4) is 5.75 Å². The number of aryl methyl sites for hydroxylation is 1. The number of fused-ring (bicyclic) bond motifs is 1. The zero-order valence-corrected chi connectivity index (χ0v) is 12.5. The van der Waals surface area contributed by atoms with Gasteiger partial charge in [0, 0.05) is 22.7 Å². The molecule has 1 aromatic carbocycles. The van der Waals surface area contributed by atoms with Gasteiger partial charge < -0.3 is 10.4 Å². The number of carbonyl (C=O) groups is 1. The van der Waals surface area contributed by atoms with Crippen molar-refractivity contribution in [2.24, 2.45) is 0 Å². The highest BCUT2D eigenvalue weighted by molar-refractivity contribution is 7.98. The van der Waals surface area contributed by atoms with Gasteiger partial charge in [0.15, 0.2) is 0 Å². The zero-order valence-electron chi connectivity index (χ0n) is 10.9. The summed E-state index contributed by atoms with van der Waals surface area (Å²) < 4.78 is 0. The molecule has 1 aliphatic rings. The van der Waals surface area contributed by atoms with Crippen LogP contribution in [0.25, 0.3) is 0 Å². The molecular weight excluding hydrogens is 290 g/mol. The topological polar surface area (TPSA) is 49.3 Å². The SMILES string of the molecule is O=C(NCc1ccccc1O)c1cc2c(s1)CCSC2. The van der Waals surface area contributed by atoms with Crippen LogP contribution in [0, 0.1) is 0 Å². The lowest BCUT2D eigenvalue weighted by molar-refractivity contribution is 0.0955. The molecule has 0 fully saturated rings. The van der Waals surface area contributed by atoms with Crippen LogP contribution in [0.15, 0.2) is 30.3 Å². The number of rotatable bonds is 3. The monoisotopic (exact) mass is 305 g/mol. The summed E-state index contributed by atoms with van der Waals surface area (Å²) in [4.78, 5) is 14.3. The van der Waals surface area contributed by atoms with Gasteiger partial charge in [-0.3, -0.25) is 4.79 Å². The van der Waals surface area contributed by atoms with E-state index in [1.165, 1.54) is 10.4 Å². The Labute approximate surface area is 126 Å². The predicted molar refractivity (Wildman–Crippen MR) is 83.5 cm³/mol. The summed E-state index contributed by atoms with van der Waals surface area (Å²) in [5.74, 6) is 2.32. The zero-order chi connectivity index (χ0) is 13.9. The fourth-order valence-corrected chi connectivity index (χ4v) is 4.47. The molecule has 3 nitrogen and oxygen atoms in total. The lowest BCUT2D eigenvalue weighted by Crippen LogP contribution is -2.21. The Kier molecular flexibility index (Phi) is 3.98. The van der Waals surface area contributed by atoms with Crippen LogP contribution in [-0.4, -0.2) is 16.8 Å². The number of nitrogens with one attached hydrogen (secondary N) is 1. The molecule has 104 valence electrons. The summed E-state index contributed by atoms with van der Waals surface area (Å²) >= 11 is 3.51. The molecule has 0 bridgehead atoms. The number of hydrogen-bond acceptors (Lipinski definition) is 4. The molecule has 0 saturated heterocycles. The van der Waals surface area contributed by atoms with E-state index in [-0.39, 0.29) is 11.7 Å². The van der Waals surface area contributed by atoms with Gasteiger partial charge in [-0.25, -0.2) is 0 Å². The minimum absolute atomic E-state index is 0.0577. The fourth-order valence-electron chi connectivity index (χ4n) is 2.18. The van der Waals surface area contributed by atoms with Crippen LogP contribution in [0.3, 0.4) is 0 Å². The Morgan fingerprint density at radius 1 is 1.35 bits per heavy atom. The van der Waals surface area contributed by atoms with Gasteiger partial charge in [-0.15, -0.1) is 11.3 Å². The van der Waals surface area contributed by atoms with Crippen molar-refractivity contribution in [1.29, 1.82) is 0 Å². The van der Waals surface area contributed by atoms with E-state index in [1.54, 1.807) is 23.5 Å². The van der Waals surface area contributed by atoms with E-state index < -0.39 is 0 Å². The average molecular weight is 305 g/mol. The molecule has 2 heterocycles. The molecule has 1 amide bonds. The Bertz CT molecular complexity index is 613. The summed E-state index contributed by atoms with van der Waals surface area (Å²) in [5, 5.41) is 12.5. The van der Waals surface area contributed by atoms with Crippen LogP contribution in [0.4, 0.5) is 0 Å². The maximum absolute atomic E-state index is 12.2. The molecule has 2 N–H and O–H groups in total. The number of hydrogen-bond donors (Lipinski definition) is 2. The minimum atomic E-state index is -0.0577. The average Bonchev–Trinajstić information content (AvgIpc) is 2.90. The van der Waals surface area contributed by atoms with Crippen molar-refractivity contribution in [3.63, 3.8) is 0 Å². The van der Waals surface area contributed by atoms with Crippen LogP contribution in [-0.2, 0) is 18.7 Å². The highest BCUT2D eigenvalue weighted by Crippen LogP contribution is 2.31. The van der Waals surface area contributed by atoms with E-state index in [0.717, 1.165) is 28.4 Å². The number of para-hydroxylation sites is 1. The second kappa shape index (κ2) is 5.89. The lowest BCUT2D eigenvalue weighted by atomic mass is 10.2. The number of phenols is 1. The molecule has 0 unspecified atom stereocenters. The minimum Gasteiger partial charge on any atom is -0.508 e. The first-order valence-electron chi connectivity index (χ1n) is 6.48. The van der Waals surface area contributed by atoms with Crippen molar-refractivity contribution < 1.29 is 9.90 Å². The third-order valence-electron chi connectivity index (χ3n) is 3.28. The smallest absolute Gasteiger partial charge is 0.261 e. The summed E-state index contributed by atoms with van der Waals surface area (Å²) in [6.45, 7) is 0.350. The molecule has 3 rings (SSSR count). The Morgan fingerprint density at radius 2 is 2.20 bits per heavy atom. The maximum Gasteiger partial charge on any atom is 0.261 e. The first-order valence-corrected chi connectivity index (χ1v) is 8.45. The van der Waals surface area contributed by atoms with Gasteiger partial charge in [-0.1, -0.05) is 18.2 Å². The standard InChI is InChI=1S/C15H15NO2S2/c17-12-4-2-1-3-10(12)8-16-15(18)14-7-11-9-19-6-5-13(11)20-14/h1-4,7,17H,5-6,8-9H2,(H,16,18). The first-order chi connectivity index (χ1) is 9.74. The van der Waals surface area contributed by atoms with E-state index in [4.69, 9.17) is 0 Å². The predicted octanol–water partition coefficient (Wildman–Crippen LogP) is 3.17. The Morgan fingerprint density at radius 3 is 3.00 bits per heavy atom. The number of thiophene rings is 1. The number of benzene rings is 1. The summed E-state index contributed by atoms with van der Waals surface area (Å²) in [5.41, 5.74) is 2.04. The van der Waals surface area contributed by atoms with Crippen molar-refractivity contribution in [3.05, 3.63) is 51.2 Å². The van der Waals surface area contributed by atoms with Gasteiger partial charge in [0.1, 0.15) is 5.75 Å². The number of amides is 1. The van der Waals surface area contributed by atoms with Gasteiger partial charge in [-0.2, -0.15) is 11.8 Å². The molecular formula is C15H15NO2S2. The largest absolute Gasteiger partial charge is 0.508 e. The Balaban J connectivity index is 1.67. The van der Waals surface area contributed by atoms with Gasteiger partial charge >= 0.3 is 0 Å². The normalized spacial score (nSPS) is 13.8. The van der Waals surface area contributed by atoms with Crippen molar-refractivity contribution in [2.75, 3.05) is 5.75 Å². The quantitative estimate of drug-likeness (QED) is 0.915. The lowest BCUT2D eigenvalue weighted by Gasteiger charge is -2.08. The van der Waals surface area contributed by atoms with Gasteiger partial charge in [0.25, 0.3) is 5.91 Å². The second-order valence-electron chi connectivity index (χ2n) is 4.67. The number of carbonyl (C=O) groups excluding carboxylic acids is 1. The van der Waals surface area contributed by atoms with Gasteiger partial charge in [0.05, 0.1) is 4.88 Å². The van der Waals surface area contributed by atoms with E-state index >= 15 is 0 Å². The number of aromatic hydroxyl groups is 1. The summed E-state index contributed by atoms with van der Waals surface area (Å²) in [6.07, 6.45) is 1.07. The third kappa shape index (κ3) is 2.83. The number of thioether (sulfide) groups is 1. The molecule has 0 aliphatic carbocycles. The van der Waals surface area contributed by atoms with E-state index in [9.17, 15) is 9.90 Å². The summed E-state index contributed by atoms with van der Waals surface area (Å²) in [6, 6.07) is 9.06. The van der Waals surface area contributed by atoms with Crippen LogP contribution < -0.4 is 5.32 Å². The van der Waals surface area contributed by atoms with Crippen LogP contribution in [0.1, 0.15) is 25.7 Å². The van der Waals surface area contributed by atoms with Crippen LogP contribution in [0.2, 0.25) is 0 Å². The molecule has 2 aromatic rings. The highest BCUT2D eigenvalue weighted by atomic mass is 32.2. The van der Waals surface area contributed by atoms with E-state index in [1.807, 2.05) is 30.0 Å².